The van der Waals surface area contributed by atoms with Crippen LogP contribution in [0.15, 0.2) is 52.5 Å². The molecule has 0 spiro atoms. The van der Waals surface area contributed by atoms with E-state index in [-0.39, 0.29) is 23.0 Å². The predicted octanol–water partition coefficient (Wildman–Crippen LogP) is 3.49. The topological polar surface area (TPSA) is 106 Å². The number of amidine groups is 1. The number of carbonyl (C=O) groups excluding carboxylic acids is 2. The molecule has 3 N–H and O–H groups in total. The summed E-state index contributed by atoms with van der Waals surface area (Å²) < 4.78 is 42.0. The van der Waals surface area contributed by atoms with Crippen molar-refractivity contribution in [2.75, 3.05) is 19.6 Å². The van der Waals surface area contributed by atoms with Crippen LogP contribution in [0.2, 0.25) is 5.02 Å². The van der Waals surface area contributed by atoms with E-state index in [0.29, 0.717) is 40.6 Å². The van der Waals surface area contributed by atoms with Crippen LogP contribution in [0.25, 0.3) is 17.0 Å². The number of piperazine rings is 1. The largest absolute Gasteiger partial charge is 0.416 e. The fourth-order valence-electron chi connectivity index (χ4n) is 4.23. The second-order valence-corrected chi connectivity index (χ2v) is 10.0. The van der Waals surface area contributed by atoms with Crippen LogP contribution in [0.5, 0.6) is 0 Å². The highest BCUT2D eigenvalue weighted by Crippen LogP contribution is 2.35. The summed E-state index contributed by atoms with van der Waals surface area (Å²) in [7, 11) is 0. The SMILES string of the molecule is NC(=O)C1CN(C2=NC(=O)/C(=C\c3ccc4c(cnn4Cc4ccc(Cl)cc4C(F)(F)F)c3)S2)CCN1. The highest BCUT2D eigenvalue weighted by atomic mass is 35.5. The first-order chi connectivity index (χ1) is 17.6. The minimum atomic E-state index is -4.54. The monoisotopic (exact) mass is 548 g/mol. The Bertz CT molecular complexity index is 1470. The molecule has 3 heterocycles. The number of aromatic nitrogens is 2. The third-order valence-corrected chi connectivity index (χ3v) is 7.34. The van der Waals surface area contributed by atoms with Crippen LogP contribution >= 0.6 is 23.4 Å². The van der Waals surface area contributed by atoms with E-state index < -0.39 is 23.7 Å². The van der Waals surface area contributed by atoms with Crippen LogP contribution < -0.4 is 11.1 Å². The van der Waals surface area contributed by atoms with Crippen LogP contribution in [0, 0.1) is 0 Å². The van der Waals surface area contributed by atoms with Gasteiger partial charge < -0.3 is 16.0 Å². The molecule has 0 radical (unpaired) electrons. The molecule has 2 aromatic carbocycles. The summed E-state index contributed by atoms with van der Waals surface area (Å²) in [4.78, 5) is 30.5. The van der Waals surface area contributed by atoms with Crippen LogP contribution in [-0.4, -0.2) is 57.3 Å². The maximum absolute atomic E-state index is 13.5. The number of aliphatic imine (C=N–C) groups is 1. The number of alkyl halides is 3. The van der Waals surface area contributed by atoms with Crippen molar-refractivity contribution in [3.63, 3.8) is 0 Å². The maximum atomic E-state index is 13.5. The summed E-state index contributed by atoms with van der Waals surface area (Å²) in [5, 5.41) is 8.53. The average Bonchev–Trinajstić information content (AvgIpc) is 3.42. The third-order valence-electron chi connectivity index (χ3n) is 6.06. The van der Waals surface area contributed by atoms with E-state index in [1.807, 2.05) is 4.90 Å². The Hall–Kier alpha value is -3.35. The van der Waals surface area contributed by atoms with Crippen LogP contribution in [0.3, 0.4) is 0 Å². The number of nitrogens with one attached hydrogen (secondary N) is 1. The fraction of sp³-hybridized carbons (Fsp3) is 0.250. The van der Waals surface area contributed by atoms with Gasteiger partial charge in [-0.3, -0.25) is 14.3 Å². The number of nitrogens with two attached hydrogens (primary N) is 1. The lowest BCUT2D eigenvalue weighted by Crippen LogP contribution is -2.56. The first-order valence-electron chi connectivity index (χ1n) is 11.2. The van der Waals surface area contributed by atoms with E-state index in [1.54, 1.807) is 30.5 Å². The van der Waals surface area contributed by atoms with Crippen LogP contribution in [0.1, 0.15) is 16.7 Å². The summed E-state index contributed by atoms with van der Waals surface area (Å²) in [6, 6.07) is 8.48. The van der Waals surface area contributed by atoms with Gasteiger partial charge in [0.1, 0.15) is 6.04 Å². The normalized spacial score (nSPS) is 19.6. The molecule has 1 atom stereocenters. The number of amides is 2. The molecule has 1 saturated heterocycles. The lowest BCUT2D eigenvalue weighted by atomic mass is 10.1. The van der Waals surface area contributed by atoms with Gasteiger partial charge >= 0.3 is 6.18 Å². The molecule has 13 heteroatoms. The van der Waals surface area contributed by atoms with Gasteiger partial charge in [-0.05, 0) is 53.2 Å². The van der Waals surface area contributed by atoms with Crippen molar-refractivity contribution in [3.05, 3.63) is 69.2 Å². The highest BCUT2D eigenvalue weighted by Gasteiger charge is 2.34. The summed E-state index contributed by atoms with van der Waals surface area (Å²) in [5.74, 6) is -0.845. The van der Waals surface area contributed by atoms with E-state index in [9.17, 15) is 22.8 Å². The zero-order valence-electron chi connectivity index (χ0n) is 19.1. The van der Waals surface area contributed by atoms with Gasteiger partial charge in [-0.2, -0.15) is 23.3 Å². The van der Waals surface area contributed by atoms with Gasteiger partial charge in [0.15, 0.2) is 5.17 Å². The van der Waals surface area contributed by atoms with Crippen molar-refractivity contribution in [3.8, 4) is 0 Å². The predicted molar refractivity (Wildman–Crippen MR) is 136 cm³/mol. The Morgan fingerprint density at radius 2 is 2.08 bits per heavy atom. The average molecular weight is 549 g/mol. The smallest absolute Gasteiger partial charge is 0.368 e. The molecule has 0 saturated carbocycles. The molecule has 3 aromatic rings. The summed E-state index contributed by atoms with van der Waals surface area (Å²) in [6.45, 7) is 1.38. The number of hydrogen-bond donors (Lipinski definition) is 2. The molecular formula is C24H20ClF3N6O2S. The number of rotatable bonds is 4. The number of halogens is 4. The second-order valence-electron chi connectivity index (χ2n) is 8.58. The van der Waals surface area contributed by atoms with Gasteiger partial charge in [0, 0.05) is 30.0 Å². The Kier molecular flexibility index (Phi) is 6.73. The number of primary amides is 1. The van der Waals surface area contributed by atoms with Crippen molar-refractivity contribution in [1.29, 1.82) is 0 Å². The quantitative estimate of drug-likeness (QED) is 0.484. The standard InChI is InChI=1S/C24H20ClF3N6O2S/c25-16-3-2-14(17(9-16)24(26,27)28)11-34-19-4-1-13(7-15(19)10-31-34)8-20-22(36)32-23(37-20)33-6-5-30-18(12-33)21(29)35/h1-4,7-10,18,30H,5-6,11-12H2,(H2,29,35)/b20-8+. The van der Waals surface area contributed by atoms with E-state index in [4.69, 9.17) is 17.3 Å². The van der Waals surface area contributed by atoms with Gasteiger partial charge in [-0.1, -0.05) is 23.7 Å². The maximum Gasteiger partial charge on any atom is 0.416 e. The molecule has 2 aliphatic heterocycles. The van der Waals surface area contributed by atoms with Crippen molar-refractivity contribution >= 4 is 57.3 Å². The molecule has 5 rings (SSSR count). The van der Waals surface area contributed by atoms with Crippen LogP contribution in [0.4, 0.5) is 13.2 Å². The van der Waals surface area contributed by atoms with Gasteiger partial charge in [0.05, 0.1) is 28.7 Å². The Morgan fingerprint density at radius 1 is 1.27 bits per heavy atom. The lowest BCUT2D eigenvalue weighted by molar-refractivity contribution is -0.138. The van der Waals surface area contributed by atoms with Crippen molar-refractivity contribution in [1.82, 2.24) is 20.0 Å². The number of hydrogen-bond acceptors (Lipinski definition) is 6. The lowest BCUT2D eigenvalue weighted by Gasteiger charge is -2.32. The van der Waals surface area contributed by atoms with Gasteiger partial charge in [0.25, 0.3) is 5.91 Å². The molecule has 2 aliphatic rings. The first-order valence-corrected chi connectivity index (χ1v) is 12.4. The van der Waals surface area contributed by atoms with E-state index in [1.165, 1.54) is 28.6 Å². The number of benzene rings is 2. The Balaban J connectivity index is 1.35. The molecule has 2 amide bonds. The summed E-state index contributed by atoms with van der Waals surface area (Å²) >= 11 is 7.00. The molecule has 0 aliphatic carbocycles. The second kappa shape index (κ2) is 9.84. The zero-order valence-corrected chi connectivity index (χ0v) is 20.7. The number of fused-ring (bicyclic) bond motifs is 1. The number of thioether (sulfide) groups is 1. The van der Waals surface area contributed by atoms with E-state index >= 15 is 0 Å². The number of carbonyl (C=O) groups is 2. The third kappa shape index (κ3) is 5.36. The molecule has 8 nitrogen and oxygen atoms in total. The molecule has 1 aromatic heterocycles. The van der Waals surface area contributed by atoms with Crippen molar-refractivity contribution < 1.29 is 22.8 Å². The van der Waals surface area contributed by atoms with Crippen molar-refractivity contribution in [2.45, 2.75) is 18.8 Å². The molecule has 37 heavy (non-hydrogen) atoms. The van der Waals surface area contributed by atoms with Crippen molar-refractivity contribution in [2.24, 2.45) is 10.7 Å². The molecule has 0 bridgehead atoms. The van der Waals surface area contributed by atoms with E-state index in [0.717, 1.165) is 11.6 Å². The summed E-state index contributed by atoms with van der Waals surface area (Å²) in [6.07, 6.45) is -1.27. The minimum Gasteiger partial charge on any atom is -0.368 e. The first kappa shape index (κ1) is 25.3. The number of nitrogens with zero attached hydrogens (tertiary/aromatic N) is 4. The Labute approximate surface area is 218 Å². The zero-order chi connectivity index (χ0) is 26.3. The van der Waals surface area contributed by atoms with Gasteiger partial charge in [-0.25, -0.2) is 0 Å². The fourth-order valence-corrected chi connectivity index (χ4v) is 5.35. The minimum absolute atomic E-state index is 0.00943. The molecule has 1 unspecified atom stereocenters. The Morgan fingerprint density at radius 3 is 2.84 bits per heavy atom. The van der Waals surface area contributed by atoms with Gasteiger partial charge in [-0.15, -0.1) is 0 Å². The van der Waals surface area contributed by atoms with E-state index in [2.05, 4.69) is 15.4 Å². The van der Waals surface area contributed by atoms with Crippen LogP contribution in [-0.2, 0) is 22.3 Å². The molecule has 1 fully saturated rings. The van der Waals surface area contributed by atoms with Gasteiger partial charge in [0.2, 0.25) is 5.91 Å². The molecular weight excluding hydrogens is 529 g/mol. The summed E-state index contributed by atoms with van der Waals surface area (Å²) in [5.41, 5.74) is 6.01. The molecule has 192 valence electrons. The highest BCUT2D eigenvalue weighted by molar-refractivity contribution is 8.18.